The van der Waals surface area contributed by atoms with Crippen LogP contribution in [0.25, 0.3) is 11.2 Å². The van der Waals surface area contributed by atoms with Gasteiger partial charge in [-0.2, -0.15) is 0 Å². The molecule has 31 heavy (non-hydrogen) atoms. The van der Waals surface area contributed by atoms with Crippen molar-refractivity contribution in [2.45, 2.75) is 103 Å². The number of esters is 1. The van der Waals surface area contributed by atoms with Gasteiger partial charge < -0.3 is 15.2 Å². The van der Waals surface area contributed by atoms with Crippen LogP contribution < -0.4 is 5.73 Å². The van der Waals surface area contributed by atoms with Crippen molar-refractivity contribution < 1.29 is 14.3 Å². The summed E-state index contributed by atoms with van der Waals surface area (Å²) in [5.41, 5.74) is 7.09. The Kier molecular flexibility index (Phi) is 9.52. The van der Waals surface area contributed by atoms with Gasteiger partial charge in [-0.05, 0) is 19.3 Å². The summed E-state index contributed by atoms with van der Waals surface area (Å²) in [6.07, 6.45) is 17.5. The molecule has 3 rings (SSSR count). The Hall–Kier alpha value is -2.22. The summed E-state index contributed by atoms with van der Waals surface area (Å²) >= 11 is 0. The second-order valence-electron chi connectivity index (χ2n) is 8.49. The fourth-order valence-electron chi connectivity index (χ4n) is 4.11. The number of rotatable bonds is 14. The molecule has 0 radical (unpaired) electrons. The van der Waals surface area contributed by atoms with Crippen LogP contribution in [0.3, 0.4) is 0 Å². The Morgan fingerprint density at radius 1 is 1.06 bits per heavy atom. The van der Waals surface area contributed by atoms with Gasteiger partial charge in [0, 0.05) is 6.42 Å². The van der Waals surface area contributed by atoms with Crippen LogP contribution in [0, 0.1) is 0 Å². The maximum atomic E-state index is 12.0. The number of fused-ring (bicyclic) bond motifs is 1. The van der Waals surface area contributed by atoms with E-state index in [1.807, 2.05) is 4.57 Å². The standard InChI is InChI=1S/C23H37N5O3/c1-2-3-4-5-6-7-8-9-10-11-12-20(29)30-15-18-13-14-19(31-18)28-17-27-21-22(24)25-16-26-23(21)28/h16-19H,2-15H2,1H3,(H2,24,25,26)/t18-,19+/m0/s1. The number of nitrogens with two attached hydrogens (primary N) is 1. The maximum Gasteiger partial charge on any atom is 0.305 e. The highest BCUT2D eigenvalue weighted by Gasteiger charge is 2.29. The Morgan fingerprint density at radius 2 is 1.77 bits per heavy atom. The van der Waals surface area contributed by atoms with Crippen molar-refractivity contribution in [3.63, 3.8) is 0 Å². The molecule has 172 valence electrons. The summed E-state index contributed by atoms with van der Waals surface area (Å²) < 4.78 is 13.4. The van der Waals surface area contributed by atoms with E-state index in [-0.39, 0.29) is 18.3 Å². The first-order chi connectivity index (χ1) is 15.2. The van der Waals surface area contributed by atoms with E-state index in [0.717, 1.165) is 25.7 Å². The highest BCUT2D eigenvalue weighted by molar-refractivity contribution is 5.81. The minimum absolute atomic E-state index is 0.0988. The average molecular weight is 432 g/mol. The number of nitrogen functional groups attached to an aromatic ring is 1. The molecule has 0 aromatic carbocycles. The lowest BCUT2D eigenvalue weighted by Crippen LogP contribution is -2.19. The molecule has 2 atom stereocenters. The van der Waals surface area contributed by atoms with E-state index in [1.54, 1.807) is 6.33 Å². The van der Waals surface area contributed by atoms with E-state index < -0.39 is 0 Å². The molecule has 0 unspecified atom stereocenters. The Bertz CT molecular complexity index is 810. The molecule has 0 saturated carbocycles. The van der Waals surface area contributed by atoms with Gasteiger partial charge in [0.25, 0.3) is 0 Å². The van der Waals surface area contributed by atoms with Crippen molar-refractivity contribution in [2.75, 3.05) is 12.3 Å². The van der Waals surface area contributed by atoms with Crippen LogP contribution >= 0.6 is 0 Å². The third kappa shape index (κ3) is 7.16. The molecule has 8 heteroatoms. The summed E-state index contributed by atoms with van der Waals surface area (Å²) in [6, 6.07) is 0. The number of unbranched alkanes of at least 4 members (excludes halogenated alkanes) is 9. The lowest BCUT2D eigenvalue weighted by molar-refractivity contribution is -0.148. The molecule has 1 saturated heterocycles. The highest BCUT2D eigenvalue weighted by atomic mass is 16.6. The zero-order chi connectivity index (χ0) is 21.9. The molecule has 1 aliphatic rings. The van der Waals surface area contributed by atoms with Crippen LogP contribution in [-0.2, 0) is 14.3 Å². The molecule has 0 aliphatic carbocycles. The summed E-state index contributed by atoms with van der Waals surface area (Å²) in [5.74, 6) is 0.236. The normalized spacial score (nSPS) is 18.6. The maximum absolute atomic E-state index is 12.0. The van der Waals surface area contributed by atoms with Crippen LogP contribution in [0.1, 0.15) is 96.6 Å². The second kappa shape index (κ2) is 12.6. The van der Waals surface area contributed by atoms with Crippen LogP contribution in [0.15, 0.2) is 12.7 Å². The number of hydrogen-bond acceptors (Lipinski definition) is 7. The zero-order valence-electron chi connectivity index (χ0n) is 18.8. The molecular weight excluding hydrogens is 394 g/mol. The average Bonchev–Trinajstić information content (AvgIpc) is 3.41. The van der Waals surface area contributed by atoms with Gasteiger partial charge in [-0.15, -0.1) is 0 Å². The summed E-state index contributed by atoms with van der Waals surface area (Å²) in [4.78, 5) is 24.5. The molecule has 2 aromatic heterocycles. The molecule has 0 spiro atoms. The number of anilines is 1. The van der Waals surface area contributed by atoms with Gasteiger partial charge in [0.1, 0.15) is 24.7 Å². The number of hydrogen-bond donors (Lipinski definition) is 1. The van der Waals surface area contributed by atoms with E-state index in [1.165, 1.54) is 57.7 Å². The molecule has 8 nitrogen and oxygen atoms in total. The van der Waals surface area contributed by atoms with E-state index in [2.05, 4.69) is 21.9 Å². The molecule has 0 bridgehead atoms. The molecule has 2 N–H and O–H groups in total. The molecule has 3 heterocycles. The van der Waals surface area contributed by atoms with E-state index in [9.17, 15) is 4.79 Å². The summed E-state index contributed by atoms with van der Waals surface area (Å²) in [6.45, 7) is 2.55. The number of aromatic nitrogens is 4. The fraction of sp³-hybridized carbons (Fsp3) is 0.739. The highest BCUT2D eigenvalue weighted by Crippen LogP contribution is 2.31. The van der Waals surface area contributed by atoms with Crippen molar-refractivity contribution in [3.8, 4) is 0 Å². The van der Waals surface area contributed by atoms with Crippen molar-refractivity contribution >= 4 is 23.0 Å². The Balaban J connectivity index is 1.26. The largest absolute Gasteiger partial charge is 0.463 e. The fourth-order valence-corrected chi connectivity index (χ4v) is 4.11. The van der Waals surface area contributed by atoms with E-state index in [4.69, 9.17) is 15.2 Å². The van der Waals surface area contributed by atoms with Gasteiger partial charge >= 0.3 is 5.97 Å². The lowest BCUT2D eigenvalue weighted by Gasteiger charge is -2.15. The second-order valence-corrected chi connectivity index (χ2v) is 8.49. The van der Waals surface area contributed by atoms with Crippen molar-refractivity contribution in [2.24, 2.45) is 0 Å². The number of carbonyl (C=O) groups excluding carboxylic acids is 1. The smallest absolute Gasteiger partial charge is 0.305 e. The third-order valence-corrected chi connectivity index (χ3v) is 5.95. The molecule has 1 aliphatic heterocycles. The van der Waals surface area contributed by atoms with Crippen LogP contribution in [0.4, 0.5) is 5.82 Å². The van der Waals surface area contributed by atoms with Crippen LogP contribution in [0.5, 0.6) is 0 Å². The molecular formula is C23H37N5O3. The Morgan fingerprint density at radius 3 is 2.52 bits per heavy atom. The predicted molar refractivity (Wildman–Crippen MR) is 120 cm³/mol. The summed E-state index contributed by atoms with van der Waals surface area (Å²) in [7, 11) is 0. The number of ether oxygens (including phenoxy) is 2. The molecule has 2 aromatic rings. The first-order valence-corrected chi connectivity index (χ1v) is 11.9. The van der Waals surface area contributed by atoms with Crippen molar-refractivity contribution in [1.29, 1.82) is 0 Å². The lowest BCUT2D eigenvalue weighted by atomic mass is 10.1. The van der Waals surface area contributed by atoms with Gasteiger partial charge in [0.15, 0.2) is 11.5 Å². The van der Waals surface area contributed by atoms with Gasteiger partial charge in [-0.1, -0.05) is 64.7 Å². The quantitative estimate of drug-likeness (QED) is 0.333. The zero-order valence-corrected chi connectivity index (χ0v) is 18.8. The van der Waals surface area contributed by atoms with Gasteiger partial charge in [0.2, 0.25) is 0 Å². The monoisotopic (exact) mass is 431 g/mol. The summed E-state index contributed by atoms with van der Waals surface area (Å²) in [5, 5.41) is 0. The minimum Gasteiger partial charge on any atom is -0.463 e. The minimum atomic E-state index is -0.176. The molecule has 0 amide bonds. The third-order valence-electron chi connectivity index (χ3n) is 5.95. The topological polar surface area (TPSA) is 105 Å². The van der Waals surface area contributed by atoms with Crippen molar-refractivity contribution in [1.82, 2.24) is 19.5 Å². The van der Waals surface area contributed by atoms with Gasteiger partial charge in [-0.3, -0.25) is 9.36 Å². The number of nitrogens with zero attached hydrogens (tertiary/aromatic N) is 4. The number of carbonyl (C=O) groups is 1. The Labute approximate surface area is 184 Å². The van der Waals surface area contributed by atoms with Gasteiger partial charge in [-0.25, -0.2) is 15.0 Å². The van der Waals surface area contributed by atoms with E-state index in [0.29, 0.717) is 30.0 Å². The number of imidazole rings is 1. The predicted octanol–water partition coefficient (Wildman–Crippen LogP) is 4.94. The molecule has 1 fully saturated rings. The SMILES string of the molecule is CCCCCCCCCCCCC(=O)OC[C@@H]1CC[C@H](n2cnc3c(N)ncnc32)O1. The first-order valence-electron chi connectivity index (χ1n) is 11.9. The van der Waals surface area contributed by atoms with Gasteiger partial charge in [0.05, 0.1) is 12.4 Å². The van der Waals surface area contributed by atoms with Crippen LogP contribution in [-0.4, -0.2) is 38.2 Å². The first kappa shape index (κ1) is 23.4. The van der Waals surface area contributed by atoms with E-state index >= 15 is 0 Å². The van der Waals surface area contributed by atoms with Crippen molar-refractivity contribution in [3.05, 3.63) is 12.7 Å². The van der Waals surface area contributed by atoms with Crippen LogP contribution in [0.2, 0.25) is 0 Å².